The second-order valence-electron chi connectivity index (χ2n) is 3.85. The van der Waals surface area contributed by atoms with Crippen LogP contribution in [0.5, 0.6) is 0 Å². The average Bonchev–Trinajstić information content (AvgIpc) is 2.84. The Hall–Kier alpha value is -1.58. The molecule has 2 rings (SSSR count). The molecule has 2 aromatic rings. The number of nitrogens with one attached hydrogen (secondary N) is 1. The molecule has 0 bridgehead atoms. The van der Waals surface area contributed by atoms with Gasteiger partial charge in [-0.3, -0.25) is 5.10 Å². The predicted molar refractivity (Wildman–Crippen MR) is 72.2 cm³/mol. The van der Waals surface area contributed by atoms with Gasteiger partial charge in [-0.05, 0) is 23.9 Å². The van der Waals surface area contributed by atoms with E-state index in [-0.39, 0.29) is 10.6 Å². The van der Waals surface area contributed by atoms with Gasteiger partial charge in [0.2, 0.25) is 10.0 Å². The summed E-state index contributed by atoms with van der Waals surface area (Å²) in [4.78, 5) is 4.66. The summed E-state index contributed by atoms with van der Waals surface area (Å²) in [5, 5.41) is 6.95. The van der Waals surface area contributed by atoms with Crippen LogP contribution in [-0.2, 0) is 10.0 Å². The van der Waals surface area contributed by atoms with Crippen LogP contribution in [0.2, 0.25) is 0 Å². The van der Waals surface area contributed by atoms with Crippen molar-refractivity contribution in [1.82, 2.24) is 19.5 Å². The zero-order valence-electron chi connectivity index (χ0n) is 10.4. The van der Waals surface area contributed by atoms with Crippen LogP contribution in [0.1, 0.15) is 0 Å². The van der Waals surface area contributed by atoms with Crippen LogP contribution in [0.4, 0.5) is 5.69 Å². The average molecular weight is 299 g/mol. The molecule has 0 spiro atoms. The highest BCUT2D eigenvalue weighted by atomic mass is 32.2. The normalized spacial score (nSPS) is 11.9. The lowest BCUT2D eigenvalue weighted by Crippen LogP contribution is -2.23. The number of hydrogen-bond acceptors (Lipinski definition) is 6. The minimum atomic E-state index is -3.56. The SMILES string of the molecule is CN(C)S(=O)(=O)c1cccc(Sc2ncn[nH]2)c1N. The lowest BCUT2D eigenvalue weighted by Gasteiger charge is -2.14. The molecule has 0 radical (unpaired) electrons. The topological polar surface area (TPSA) is 105 Å². The molecule has 9 heteroatoms. The third-order valence-electron chi connectivity index (χ3n) is 2.38. The monoisotopic (exact) mass is 299 g/mol. The molecule has 0 aliphatic carbocycles. The molecule has 0 aliphatic rings. The van der Waals surface area contributed by atoms with Gasteiger partial charge in [-0.2, -0.15) is 5.10 Å². The van der Waals surface area contributed by atoms with Crippen LogP contribution in [0.15, 0.2) is 39.5 Å². The minimum Gasteiger partial charge on any atom is -0.397 e. The first-order valence-electron chi connectivity index (χ1n) is 5.27. The van der Waals surface area contributed by atoms with Crippen LogP contribution in [-0.4, -0.2) is 42.0 Å². The molecule has 102 valence electrons. The maximum absolute atomic E-state index is 12.1. The largest absolute Gasteiger partial charge is 0.397 e. The summed E-state index contributed by atoms with van der Waals surface area (Å²) in [6.07, 6.45) is 1.37. The van der Waals surface area contributed by atoms with E-state index in [4.69, 9.17) is 5.73 Å². The molecule has 0 amide bonds. The smallest absolute Gasteiger partial charge is 0.244 e. The van der Waals surface area contributed by atoms with E-state index >= 15 is 0 Å². The van der Waals surface area contributed by atoms with Crippen LogP contribution in [0.25, 0.3) is 0 Å². The molecule has 7 nitrogen and oxygen atoms in total. The van der Waals surface area contributed by atoms with Crippen LogP contribution >= 0.6 is 11.8 Å². The highest BCUT2D eigenvalue weighted by Gasteiger charge is 2.22. The second-order valence-corrected chi connectivity index (χ2v) is 7.00. The zero-order chi connectivity index (χ0) is 14.0. The molecule has 0 saturated carbocycles. The van der Waals surface area contributed by atoms with E-state index in [0.717, 1.165) is 4.31 Å². The summed E-state index contributed by atoms with van der Waals surface area (Å²) in [5.74, 6) is 0. The number of anilines is 1. The molecule has 1 aromatic heterocycles. The summed E-state index contributed by atoms with van der Waals surface area (Å²) in [7, 11) is -0.634. The van der Waals surface area contributed by atoms with E-state index in [1.807, 2.05) is 0 Å². The highest BCUT2D eigenvalue weighted by Crippen LogP contribution is 2.34. The first-order chi connectivity index (χ1) is 8.93. The molecular formula is C10H13N5O2S2. The van der Waals surface area contributed by atoms with Crippen molar-refractivity contribution in [1.29, 1.82) is 0 Å². The van der Waals surface area contributed by atoms with Crippen molar-refractivity contribution < 1.29 is 8.42 Å². The Morgan fingerprint density at radius 3 is 2.68 bits per heavy atom. The Balaban J connectivity index is 2.44. The summed E-state index contributed by atoms with van der Waals surface area (Å²) in [6.45, 7) is 0. The summed E-state index contributed by atoms with van der Waals surface area (Å²) >= 11 is 1.23. The van der Waals surface area contributed by atoms with Crippen molar-refractivity contribution in [2.75, 3.05) is 19.8 Å². The first kappa shape index (κ1) is 13.8. The van der Waals surface area contributed by atoms with Gasteiger partial charge in [-0.1, -0.05) is 6.07 Å². The van der Waals surface area contributed by atoms with E-state index in [0.29, 0.717) is 10.1 Å². The molecule has 3 N–H and O–H groups in total. The second kappa shape index (κ2) is 5.19. The van der Waals surface area contributed by atoms with Crippen molar-refractivity contribution in [3.8, 4) is 0 Å². The van der Waals surface area contributed by atoms with Crippen LogP contribution in [0.3, 0.4) is 0 Å². The molecule has 1 aromatic carbocycles. The van der Waals surface area contributed by atoms with Crippen molar-refractivity contribution in [2.24, 2.45) is 0 Å². The maximum atomic E-state index is 12.1. The number of nitrogens with zero attached hydrogens (tertiary/aromatic N) is 3. The number of para-hydroxylation sites is 1. The van der Waals surface area contributed by atoms with Crippen molar-refractivity contribution in [3.05, 3.63) is 24.5 Å². The number of H-pyrrole nitrogens is 1. The molecule has 0 fully saturated rings. The number of nitrogens with two attached hydrogens (primary N) is 1. The molecule has 19 heavy (non-hydrogen) atoms. The summed E-state index contributed by atoms with van der Waals surface area (Å²) < 4.78 is 25.3. The molecule has 1 heterocycles. The Morgan fingerprint density at radius 2 is 2.11 bits per heavy atom. The van der Waals surface area contributed by atoms with E-state index in [9.17, 15) is 8.42 Å². The van der Waals surface area contributed by atoms with Crippen LogP contribution in [0, 0.1) is 0 Å². The zero-order valence-corrected chi connectivity index (χ0v) is 12.0. The standard InChI is InChI=1S/C10H13N5O2S2/c1-15(2)19(16,17)8-5-3-4-7(9(8)11)18-10-12-6-13-14-10/h3-6H,11H2,1-2H3,(H,12,13,14). The van der Waals surface area contributed by atoms with E-state index in [1.165, 1.54) is 38.3 Å². The maximum Gasteiger partial charge on any atom is 0.244 e. The lowest BCUT2D eigenvalue weighted by molar-refractivity contribution is 0.521. The Bertz CT molecular complexity index is 667. The predicted octanol–water partition coefficient (Wildman–Crippen LogP) is 0.788. The van der Waals surface area contributed by atoms with E-state index in [1.54, 1.807) is 12.1 Å². The fourth-order valence-corrected chi connectivity index (χ4v) is 3.25. The first-order valence-corrected chi connectivity index (χ1v) is 7.53. The van der Waals surface area contributed by atoms with Crippen molar-refractivity contribution in [2.45, 2.75) is 14.9 Å². The van der Waals surface area contributed by atoms with Gasteiger partial charge < -0.3 is 5.73 Å². The fourth-order valence-electron chi connectivity index (χ4n) is 1.38. The van der Waals surface area contributed by atoms with Gasteiger partial charge in [-0.25, -0.2) is 17.7 Å². The summed E-state index contributed by atoms with van der Waals surface area (Å²) in [6, 6.07) is 4.86. The van der Waals surface area contributed by atoms with Gasteiger partial charge in [0.05, 0.1) is 5.69 Å². The van der Waals surface area contributed by atoms with Gasteiger partial charge in [0.25, 0.3) is 0 Å². The van der Waals surface area contributed by atoms with Crippen LogP contribution < -0.4 is 5.73 Å². The number of sulfonamides is 1. The van der Waals surface area contributed by atoms with Gasteiger partial charge in [-0.15, -0.1) is 0 Å². The third kappa shape index (κ3) is 2.72. The number of aromatic amines is 1. The molecule has 0 unspecified atom stereocenters. The van der Waals surface area contributed by atoms with E-state index in [2.05, 4.69) is 15.2 Å². The number of rotatable bonds is 4. The highest BCUT2D eigenvalue weighted by molar-refractivity contribution is 7.99. The van der Waals surface area contributed by atoms with Crippen molar-refractivity contribution in [3.63, 3.8) is 0 Å². The lowest BCUT2D eigenvalue weighted by atomic mass is 10.3. The van der Waals surface area contributed by atoms with Crippen molar-refractivity contribution >= 4 is 27.5 Å². The number of aromatic nitrogens is 3. The summed E-state index contributed by atoms with van der Waals surface area (Å²) in [5.41, 5.74) is 6.14. The Morgan fingerprint density at radius 1 is 1.37 bits per heavy atom. The quantitative estimate of drug-likeness (QED) is 0.809. The third-order valence-corrected chi connectivity index (χ3v) is 5.22. The number of benzene rings is 1. The Kier molecular flexibility index (Phi) is 3.78. The van der Waals surface area contributed by atoms with Gasteiger partial charge in [0, 0.05) is 19.0 Å². The van der Waals surface area contributed by atoms with E-state index < -0.39 is 10.0 Å². The molecular weight excluding hydrogens is 286 g/mol. The van der Waals surface area contributed by atoms with Gasteiger partial charge >= 0.3 is 0 Å². The number of nitrogen functional groups attached to an aromatic ring is 1. The minimum absolute atomic E-state index is 0.0852. The van der Waals surface area contributed by atoms with Gasteiger partial charge in [0.1, 0.15) is 11.2 Å². The fraction of sp³-hybridized carbons (Fsp3) is 0.200. The number of hydrogen-bond donors (Lipinski definition) is 2. The molecule has 0 saturated heterocycles. The molecule has 0 aliphatic heterocycles. The molecule has 0 atom stereocenters. The Labute approximate surface area is 115 Å². The van der Waals surface area contributed by atoms with Gasteiger partial charge in [0.15, 0.2) is 5.16 Å².